The Labute approximate surface area is 136 Å². The van der Waals surface area contributed by atoms with E-state index in [1.165, 1.54) is 0 Å². The molecule has 1 aromatic rings. The zero-order valence-electron chi connectivity index (χ0n) is 15.3. The number of aryl methyl sites for hydroxylation is 1. The van der Waals surface area contributed by atoms with E-state index in [-0.39, 0.29) is 11.7 Å². The molecule has 0 atom stereocenters. The molecule has 0 aromatic heterocycles. The maximum atomic E-state index is 15.2. The van der Waals surface area contributed by atoms with Gasteiger partial charge in [0.15, 0.2) is 0 Å². The van der Waals surface area contributed by atoms with Crippen LogP contribution in [0.25, 0.3) is 0 Å². The molecule has 0 unspecified atom stereocenters. The zero-order chi connectivity index (χ0) is 17.2. The fraction of sp³-hybridized carbons (Fsp3) is 0.611. The van der Waals surface area contributed by atoms with Crippen LogP contribution in [0.1, 0.15) is 56.1 Å². The van der Waals surface area contributed by atoms with Crippen LogP contribution in [0.2, 0.25) is 13.1 Å². The standard InChI is InChI=1S/C18H30FNOSi/c1-9-20(10-2)17(21)14-12(3)11-13(22(7)8)16(19)15(14)18(4,5)6/h11,22H,9-10H2,1-8H3. The van der Waals surface area contributed by atoms with Crippen molar-refractivity contribution in [3.63, 3.8) is 0 Å². The van der Waals surface area contributed by atoms with Crippen molar-refractivity contribution >= 4 is 19.9 Å². The Morgan fingerprint density at radius 3 is 2.09 bits per heavy atom. The van der Waals surface area contributed by atoms with Gasteiger partial charge in [0.05, 0.1) is 8.80 Å². The topological polar surface area (TPSA) is 20.3 Å². The van der Waals surface area contributed by atoms with Crippen LogP contribution in [0.3, 0.4) is 0 Å². The summed E-state index contributed by atoms with van der Waals surface area (Å²) in [6, 6.07) is 1.90. The van der Waals surface area contributed by atoms with Gasteiger partial charge in [0, 0.05) is 24.2 Å². The molecule has 0 saturated heterocycles. The lowest BCUT2D eigenvalue weighted by molar-refractivity contribution is 0.0769. The van der Waals surface area contributed by atoms with Gasteiger partial charge in [0.1, 0.15) is 5.82 Å². The number of carbonyl (C=O) groups is 1. The van der Waals surface area contributed by atoms with E-state index in [0.717, 1.165) is 10.8 Å². The van der Waals surface area contributed by atoms with Crippen LogP contribution < -0.4 is 5.19 Å². The van der Waals surface area contributed by atoms with Gasteiger partial charge in [-0.05, 0) is 36.9 Å². The van der Waals surface area contributed by atoms with Crippen molar-refractivity contribution in [1.82, 2.24) is 4.90 Å². The monoisotopic (exact) mass is 323 g/mol. The van der Waals surface area contributed by atoms with Crippen molar-refractivity contribution < 1.29 is 9.18 Å². The van der Waals surface area contributed by atoms with Gasteiger partial charge in [-0.3, -0.25) is 4.79 Å². The van der Waals surface area contributed by atoms with Crippen LogP contribution in [-0.2, 0) is 5.41 Å². The summed E-state index contributed by atoms with van der Waals surface area (Å²) in [4.78, 5) is 14.7. The summed E-state index contributed by atoms with van der Waals surface area (Å²) in [5.41, 5.74) is 1.65. The van der Waals surface area contributed by atoms with Crippen molar-refractivity contribution in [3.8, 4) is 0 Å². The van der Waals surface area contributed by atoms with Crippen LogP contribution in [0.4, 0.5) is 4.39 Å². The molecular weight excluding hydrogens is 293 g/mol. The molecule has 0 spiro atoms. The third-order valence-electron chi connectivity index (χ3n) is 4.13. The second-order valence-electron chi connectivity index (χ2n) is 7.23. The fourth-order valence-electron chi connectivity index (χ4n) is 2.89. The molecule has 0 radical (unpaired) electrons. The highest BCUT2D eigenvalue weighted by atomic mass is 28.3. The lowest BCUT2D eigenvalue weighted by atomic mass is 9.81. The van der Waals surface area contributed by atoms with E-state index in [2.05, 4.69) is 13.1 Å². The van der Waals surface area contributed by atoms with Crippen molar-refractivity contribution in [2.75, 3.05) is 13.1 Å². The Balaban J connectivity index is 3.71. The van der Waals surface area contributed by atoms with E-state index in [0.29, 0.717) is 24.2 Å². The molecule has 0 aliphatic carbocycles. The maximum absolute atomic E-state index is 15.2. The van der Waals surface area contributed by atoms with Gasteiger partial charge in [0.2, 0.25) is 0 Å². The fourth-order valence-corrected chi connectivity index (χ4v) is 4.12. The Morgan fingerprint density at radius 2 is 1.73 bits per heavy atom. The first-order valence-electron chi connectivity index (χ1n) is 8.18. The normalized spacial score (nSPS) is 11.9. The highest BCUT2D eigenvalue weighted by Crippen LogP contribution is 2.31. The van der Waals surface area contributed by atoms with Gasteiger partial charge >= 0.3 is 0 Å². The van der Waals surface area contributed by atoms with E-state index in [1.54, 1.807) is 4.90 Å². The molecule has 2 nitrogen and oxygen atoms in total. The van der Waals surface area contributed by atoms with E-state index < -0.39 is 14.2 Å². The number of benzene rings is 1. The highest BCUT2D eigenvalue weighted by molar-refractivity contribution is 6.70. The summed E-state index contributed by atoms with van der Waals surface area (Å²) in [5, 5.41) is 0.832. The van der Waals surface area contributed by atoms with Gasteiger partial charge in [-0.15, -0.1) is 0 Å². The quantitative estimate of drug-likeness (QED) is 0.775. The van der Waals surface area contributed by atoms with Gasteiger partial charge in [-0.2, -0.15) is 0 Å². The summed E-state index contributed by atoms with van der Waals surface area (Å²) >= 11 is 0. The minimum Gasteiger partial charge on any atom is -0.339 e. The van der Waals surface area contributed by atoms with Gasteiger partial charge in [0.25, 0.3) is 5.91 Å². The first-order chi connectivity index (χ1) is 10.1. The van der Waals surface area contributed by atoms with Gasteiger partial charge in [-0.1, -0.05) is 39.9 Å². The number of nitrogens with zero attached hydrogens (tertiary/aromatic N) is 1. The van der Waals surface area contributed by atoms with Crippen molar-refractivity contribution in [2.45, 2.75) is 60.1 Å². The predicted molar refractivity (Wildman–Crippen MR) is 95.6 cm³/mol. The molecule has 0 heterocycles. The Morgan fingerprint density at radius 1 is 1.23 bits per heavy atom. The summed E-state index contributed by atoms with van der Waals surface area (Å²) in [6.45, 7) is 17.3. The second-order valence-corrected chi connectivity index (χ2v) is 10.2. The van der Waals surface area contributed by atoms with Crippen LogP contribution in [0.5, 0.6) is 0 Å². The number of carbonyl (C=O) groups excluding carboxylic acids is 1. The zero-order valence-corrected chi connectivity index (χ0v) is 16.5. The van der Waals surface area contributed by atoms with Crippen molar-refractivity contribution in [3.05, 3.63) is 28.6 Å². The SMILES string of the molecule is CCN(CC)C(=O)c1c(C)cc([SiH](C)C)c(F)c1C(C)(C)C. The predicted octanol–water partition coefficient (Wildman–Crippen LogP) is 3.61. The molecule has 0 aliphatic heterocycles. The lowest BCUT2D eigenvalue weighted by Crippen LogP contribution is -2.37. The molecule has 0 fully saturated rings. The molecule has 0 aliphatic rings. The minimum atomic E-state index is -1.29. The average Bonchev–Trinajstić information content (AvgIpc) is 2.39. The molecule has 4 heteroatoms. The molecule has 0 N–H and O–H groups in total. The number of amides is 1. The van der Waals surface area contributed by atoms with Crippen molar-refractivity contribution in [2.24, 2.45) is 0 Å². The first kappa shape index (κ1) is 18.9. The number of hydrogen-bond acceptors (Lipinski definition) is 1. The van der Waals surface area contributed by atoms with Gasteiger partial charge < -0.3 is 4.90 Å². The number of rotatable bonds is 4. The van der Waals surface area contributed by atoms with Gasteiger partial charge in [-0.25, -0.2) is 4.39 Å². The highest BCUT2D eigenvalue weighted by Gasteiger charge is 2.31. The molecule has 1 aromatic carbocycles. The lowest BCUT2D eigenvalue weighted by Gasteiger charge is -2.29. The molecule has 22 heavy (non-hydrogen) atoms. The van der Waals surface area contributed by atoms with Crippen LogP contribution in [-0.4, -0.2) is 32.7 Å². The summed E-state index contributed by atoms with van der Waals surface area (Å²) in [7, 11) is -1.29. The molecule has 1 amide bonds. The second kappa shape index (κ2) is 6.94. The maximum Gasteiger partial charge on any atom is 0.254 e. The van der Waals surface area contributed by atoms with E-state index in [9.17, 15) is 4.79 Å². The smallest absolute Gasteiger partial charge is 0.254 e. The molecule has 124 valence electrons. The van der Waals surface area contributed by atoms with E-state index in [1.807, 2.05) is 47.6 Å². The molecule has 0 saturated carbocycles. The third kappa shape index (κ3) is 3.59. The molecule has 1 rings (SSSR count). The third-order valence-corrected chi connectivity index (χ3v) is 5.79. The Hall–Kier alpha value is -1.16. The van der Waals surface area contributed by atoms with Crippen LogP contribution in [0, 0.1) is 12.7 Å². The Kier molecular flexibility index (Phi) is 5.96. The summed E-state index contributed by atoms with van der Waals surface area (Å²) in [6.07, 6.45) is 0. The largest absolute Gasteiger partial charge is 0.339 e. The van der Waals surface area contributed by atoms with E-state index >= 15 is 4.39 Å². The minimum absolute atomic E-state index is 0.0525. The first-order valence-corrected chi connectivity index (χ1v) is 11.1. The average molecular weight is 324 g/mol. The number of halogens is 1. The summed E-state index contributed by atoms with van der Waals surface area (Å²) in [5.74, 6) is -0.210. The van der Waals surface area contributed by atoms with E-state index in [4.69, 9.17) is 0 Å². The Bertz CT molecular complexity index is 557. The molecule has 0 bridgehead atoms. The van der Waals surface area contributed by atoms with Crippen LogP contribution >= 0.6 is 0 Å². The number of hydrogen-bond donors (Lipinski definition) is 0. The van der Waals surface area contributed by atoms with Crippen molar-refractivity contribution in [1.29, 1.82) is 0 Å². The molecular formula is C18H30FNOSi. The van der Waals surface area contributed by atoms with Crippen LogP contribution in [0.15, 0.2) is 6.07 Å². The summed E-state index contributed by atoms with van der Waals surface area (Å²) < 4.78 is 15.2.